The summed E-state index contributed by atoms with van der Waals surface area (Å²) in [6.07, 6.45) is 0. The second-order valence-corrected chi connectivity index (χ2v) is 5.38. The van der Waals surface area contributed by atoms with E-state index in [1.807, 2.05) is 11.8 Å². The van der Waals surface area contributed by atoms with Crippen molar-refractivity contribution in [2.75, 3.05) is 52.7 Å². The molecule has 0 heterocycles. The number of thioether (sulfide) groups is 1. The molecule has 0 atom stereocenters. The summed E-state index contributed by atoms with van der Waals surface area (Å²) in [4.78, 5) is 3.62. The van der Waals surface area contributed by atoms with Gasteiger partial charge in [0.05, 0.1) is 6.61 Å². The van der Waals surface area contributed by atoms with Gasteiger partial charge in [-0.05, 0) is 19.2 Å². The Bertz CT molecular complexity index is 295. The van der Waals surface area contributed by atoms with Crippen molar-refractivity contribution >= 4 is 11.8 Å². The fourth-order valence-corrected chi connectivity index (χ4v) is 2.34. The number of nitrogens with one attached hydrogen (secondary N) is 1. The molecule has 0 radical (unpaired) electrons. The van der Waals surface area contributed by atoms with Gasteiger partial charge in [0.1, 0.15) is 0 Å². The highest BCUT2D eigenvalue weighted by Crippen LogP contribution is 2.15. The van der Waals surface area contributed by atoms with Crippen LogP contribution in [0.2, 0.25) is 0 Å². The largest absolute Gasteiger partial charge is 0.383 e. The van der Waals surface area contributed by atoms with Gasteiger partial charge in [-0.3, -0.25) is 0 Å². The smallest absolute Gasteiger partial charge is 0.0589 e. The number of ether oxygens (including phenoxy) is 1. The Hall–Kier alpha value is -0.550. The van der Waals surface area contributed by atoms with E-state index in [0.717, 1.165) is 38.5 Å². The number of methoxy groups -OCH3 is 1. The maximum Gasteiger partial charge on any atom is 0.0589 e. The predicted octanol–water partition coefficient (Wildman–Crippen LogP) is 1.95. The van der Waals surface area contributed by atoms with Crippen molar-refractivity contribution in [3.05, 3.63) is 30.3 Å². The zero-order valence-corrected chi connectivity index (χ0v) is 12.2. The fourth-order valence-electron chi connectivity index (χ4n) is 1.51. The van der Waals surface area contributed by atoms with E-state index in [-0.39, 0.29) is 0 Å². The molecule has 3 nitrogen and oxygen atoms in total. The lowest BCUT2D eigenvalue weighted by molar-refractivity contribution is 0.161. The molecule has 0 spiro atoms. The lowest BCUT2D eigenvalue weighted by Gasteiger charge is -2.16. The summed E-state index contributed by atoms with van der Waals surface area (Å²) in [5.41, 5.74) is 0. The molecule has 0 fully saturated rings. The van der Waals surface area contributed by atoms with Crippen LogP contribution in [-0.2, 0) is 4.74 Å². The zero-order valence-electron chi connectivity index (χ0n) is 11.4. The van der Waals surface area contributed by atoms with E-state index in [1.165, 1.54) is 4.90 Å². The first-order valence-electron chi connectivity index (χ1n) is 6.39. The predicted molar refractivity (Wildman–Crippen MR) is 79.4 cm³/mol. The second kappa shape index (κ2) is 10.4. The molecule has 0 saturated carbocycles. The third-order valence-electron chi connectivity index (χ3n) is 2.64. The molecule has 0 amide bonds. The summed E-state index contributed by atoms with van der Waals surface area (Å²) in [6, 6.07) is 10.5. The molecule has 18 heavy (non-hydrogen) atoms. The monoisotopic (exact) mass is 268 g/mol. The molecule has 1 N–H and O–H groups in total. The first kappa shape index (κ1) is 15.5. The Morgan fingerprint density at radius 2 is 1.94 bits per heavy atom. The molecule has 102 valence electrons. The second-order valence-electron chi connectivity index (χ2n) is 4.21. The minimum absolute atomic E-state index is 0.806. The average Bonchev–Trinajstić information content (AvgIpc) is 2.41. The summed E-state index contributed by atoms with van der Waals surface area (Å²) < 4.78 is 5.04. The number of benzene rings is 1. The number of nitrogens with zero attached hydrogens (tertiary/aromatic N) is 1. The van der Waals surface area contributed by atoms with Crippen LogP contribution in [0.1, 0.15) is 0 Å². The number of hydrogen-bond acceptors (Lipinski definition) is 4. The topological polar surface area (TPSA) is 24.5 Å². The van der Waals surface area contributed by atoms with Crippen molar-refractivity contribution in [2.45, 2.75) is 4.90 Å². The van der Waals surface area contributed by atoms with Crippen molar-refractivity contribution in [3.8, 4) is 0 Å². The molecule has 0 bridgehead atoms. The van der Waals surface area contributed by atoms with Crippen LogP contribution in [0.15, 0.2) is 35.2 Å². The Morgan fingerprint density at radius 1 is 1.17 bits per heavy atom. The molecule has 1 aromatic rings. The molecule has 0 aliphatic rings. The quantitative estimate of drug-likeness (QED) is 0.518. The van der Waals surface area contributed by atoms with E-state index in [9.17, 15) is 0 Å². The van der Waals surface area contributed by atoms with Crippen molar-refractivity contribution in [3.63, 3.8) is 0 Å². The van der Waals surface area contributed by atoms with E-state index in [2.05, 4.69) is 47.6 Å². The molecular formula is C14H24N2OS. The normalized spacial score (nSPS) is 11.1. The number of rotatable bonds is 10. The number of likely N-dealkylation sites (N-methyl/N-ethyl adjacent to an activating group) is 1. The van der Waals surface area contributed by atoms with Gasteiger partial charge in [-0.15, -0.1) is 11.8 Å². The summed E-state index contributed by atoms with van der Waals surface area (Å²) in [5, 5.41) is 3.46. The van der Waals surface area contributed by atoms with E-state index in [4.69, 9.17) is 4.74 Å². The van der Waals surface area contributed by atoms with Crippen LogP contribution in [0.3, 0.4) is 0 Å². The minimum Gasteiger partial charge on any atom is -0.383 e. The van der Waals surface area contributed by atoms with Gasteiger partial charge in [0, 0.05) is 43.9 Å². The standard InChI is InChI=1S/C14H24N2OS/c1-16(11-12-17-2)10-8-15-9-13-18-14-6-4-3-5-7-14/h3-7,15H,8-13H2,1-2H3. The highest BCUT2D eigenvalue weighted by atomic mass is 32.2. The van der Waals surface area contributed by atoms with Gasteiger partial charge in [-0.2, -0.15) is 0 Å². The maximum atomic E-state index is 5.04. The highest BCUT2D eigenvalue weighted by molar-refractivity contribution is 7.99. The van der Waals surface area contributed by atoms with Crippen molar-refractivity contribution in [1.82, 2.24) is 10.2 Å². The van der Waals surface area contributed by atoms with Crippen LogP contribution in [-0.4, -0.2) is 57.6 Å². The van der Waals surface area contributed by atoms with Crippen molar-refractivity contribution in [1.29, 1.82) is 0 Å². The minimum atomic E-state index is 0.806. The first-order chi connectivity index (χ1) is 8.83. The van der Waals surface area contributed by atoms with Gasteiger partial charge >= 0.3 is 0 Å². The molecule has 0 aliphatic heterocycles. The van der Waals surface area contributed by atoms with Crippen LogP contribution in [0.25, 0.3) is 0 Å². The number of hydrogen-bond donors (Lipinski definition) is 1. The summed E-state index contributed by atoms with van der Waals surface area (Å²) in [5.74, 6) is 1.12. The summed E-state index contributed by atoms with van der Waals surface area (Å²) in [7, 11) is 3.87. The van der Waals surface area contributed by atoms with Gasteiger partial charge in [-0.1, -0.05) is 18.2 Å². The average molecular weight is 268 g/mol. The van der Waals surface area contributed by atoms with Crippen LogP contribution >= 0.6 is 11.8 Å². The van der Waals surface area contributed by atoms with Crippen LogP contribution in [0, 0.1) is 0 Å². The molecule has 4 heteroatoms. The molecule has 0 unspecified atom stereocenters. The van der Waals surface area contributed by atoms with Crippen LogP contribution in [0.4, 0.5) is 0 Å². The molecular weight excluding hydrogens is 244 g/mol. The van der Waals surface area contributed by atoms with Crippen LogP contribution < -0.4 is 5.32 Å². The molecule has 1 aromatic carbocycles. The van der Waals surface area contributed by atoms with E-state index in [0.29, 0.717) is 0 Å². The van der Waals surface area contributed by atoms with Gasteiger partial charge in [0.2, 0.25) is 0 Å². The van der Waals surface area contributed by atoms with Gasteiger partial charge < -0.3 is 15.0 Å². The van der Waals surface area contributed by atoms with Crippen molar-refractivity contribution in [2.24, 2.45) is 0 Å². The third-order valence-corrected chi connectivity index (χ3v) is 3.65. The SMILES string of the molecule is COCCN(C)CCNCCSc1ccccc1. The van der Waals surface area contributed by atoms with E-state index >= 15 is 0 Å². The fraction of sp³-hybridized carbons (Fsp3) is 0.571. The first-order valence-corrected chi connectivity index (χ1v) is 7.37. The summed E-state index contributed by atoms with van der Waals surface area (Å²) in [6.45, 7) is 4.96. The molecule has 1 rings (SSSR count). The Balaban J connectivity index is 1.93. The van der Waals surface area contributed by atoms with E-state index in [1.54, 1.807) is 7.11 Å². The van der Waals surface area contributed by atoms with Gasteiger partial charge in [0.25, 0.3) is 0 Å². The van der Waals surface area contributed by atoms with Crippen LogP contribution in [0.5, 0.6) is 0 Å². The van der Waals surface area contributed by atoms with E-state index < -0.39 is 0 Å². The van der Waals surface area contributed by atoms with Gasteiger partial charge in [-0.25, -0.2) is 0 Å². The lowest BCUT2D eigenvalue weighted by atomic mass is 10.4. The lowest BCUT2D eigenvalue weighted by Crippen LogP contribution is -2.32. The Kier molecular flexibility index (Phi) is 8.94. The molecule has 0 saturated heterocycles. The molecule has 0 aromatic heterocycles. The third kappa shape index (κ3) is 7.71. The zero-order chi connectivity index (χ0) is 13.1. The highest BCUT2D eigenvalue weighted by Gasteiger charge is 1.97. The van der Waals surface area contributed by atoms with Crippen molar-refractivity contribution < 1.29 is 4.74 Å². The summed E-state index contributed by atoms with van der Waals surface area (Å²) >= 11 is 1.90. The Labute approximate surface area is 115 Å². The molecule has 0 aliphatic carbocycles. The maximum absolute atomic E-state index is 5.04. The van der Waals surface area contributed by atoms with Gasteiger partial charge in [0.15, 0.2) is 0 Å². The Morgan fingerprint density at radius 3 is 2.67 bits per heavy atom.